The first-order valence-electron chi connectivity index (χ1n) is 18.0. The molecule has 6 aromatic rings. The zero-order valence-electron chi connectivity index (χ0n) is 29.5. The summed E-state index contributed by atoms with van der Waals surface area (Å²) in [6, 6.07) is 54.9. The van der Waals surface area contributed by atoms with E-state index in [1.807, 2.05) is 24.3 Å². The van der Waals surface area contributed by atoms with Gasteiger partial charge in [-0.05, 0) is 94.5 Å². The molecule has 2 fully saturated rings. The molecule has 53 heavy (non-hydrogen) atoms. The molecule has 0 aromatic heterocycles. The molecular weight excluding hydrogens is 698 g/mol. The summed E-state index contributed by atoms with van der Waals surface area (Å²) in [7, 11) is -3.16. The van der Waals surface area contributed by atoms with Gasteiger partial charge in [-0.1, -0.05) is 133 Å². The fourth-order valence-corrected chi connectivity index (χ4v) is 9.09. The van der Waals surface area contributed by atoms with E-state index in [4.69, 9.17) is 27.1 Å². The molecule has 8 heteroatoms. The monoisotopic (exact) mass is 740 g/mol. The molecule has 0 radical (unpaired) electrons. The fourth-order valence-electron chi connectivity index (χ4n) is 6.66. The lowest BCUT2D eigenvalue weighted by Crippen LogP contribution is -2.45. The third kappa shape index (κ3) is 9.99. The second kappa shape index (κ2) is 17.2. The first-order valence-corrected chi connectivity index (χ1v) is 20.2. The van der Waals surface area contributed by atoms with E-state index in [-0.39, 0.29) is 0 Å². The predicted molar refractivity (Wildman–Crippen MR) is 211 cm³/mol. The van der Waals surface area contributed by atoms with Gasteiger partial charge in [0, 0.05) is 0 Å². The lowest BCUT2D eigenvalue weighted by Gasteiger charge is -2.41. The molecule has 1 spiro atoms. The highest BCUT2D eigenvalue weighted by atomic mass is 31.2. The summed E-state index contributed by atoms with van der Waals surface area (Å²) in [5.41, 5.74) is 9.32. The number of benzene rings is 6. The van der Waals surface area contributed by atoms with Crippen LogP contribution in [0.5, 0.6) is 11.5 Å². The number of hydrogen-bond acceptors (Lipinski definition) is 6. The minimum atomic E-state index is -1.58. The van der Waals surface area contributed by atoms with Gasteiger partial charge in [-0.15, -0.1) is 0 Å². The highest BCUT2D eigenvalue weighted by molar-refractivity contribution is 7.42. The second-order valence-electron chi connectivity index (χ2n) is 13.8. The van der Waals surface area contributed by atoms with Crippen LogP contribution < -0.4 is 9.05 Å². The average Bonchev–Trinajstić information content (AvgIpc) is 3.18. The van der Waals surface area contributed by atoms with Gasteiger partial charge in [0.15, 0.2) is 0 Å². The van der Waals surface area contributed by atoms with Gasteiger partial charge in [-0.2, -0.15) is 0 Å². The van der Waals surface area contributed by atoms with Crippen LogP contribution >= 0.6 is 17.2 Å². The summed E-state index contributed by atoms with van der Waals surface area (Å²) in [4.78, 5) is 0. The van der Waals surface area contributed by atoms with Crippen molar-refractivity contribution >= 4 is 17.2 Å². The maximum absolute atomic E-state index is 6.37. The zero-order valence-corrected chi connectivity index (χ0v) is 31.3. The van der Waals surface area contributed by atoms with Gasteiger partial charge >= 0.3 is 17.2 Å². The van der Waals surface area contributed by atoms with E-state index in [0.717, 1.165) is 37.2 Å². The predicted octanol–water partition coefficient (Wildman–Crippen LogP) is 11.0. The maximum Gasteiger partial charge on any atom is 0.397 e. The first-order chi connectivity index (χ1) is 26.1. The van der Waals surface area contributed by atoms with Crippen LogP contribution in [-0.2, 0) is 43.8 Å². The molecule has 0 bridgehead atoms. The Kier molecular flexibility index (Phi) is 11.6. The topological polar surface area (TPSA) is 55.4 Å². The summed E-state index contributed by atoms with van der Waals surface area (Å²) in [6.45, 7) is 1.65. The van der Waals surface area contributed by atoms with Gasteiger partial charge in [-0.25, -0.2) is 0 Å². The van der Waals surface area contributed by atoms with E-state index in [0.29, 0.717) is 26.4 Å². The Hall–Kier alpha value is -4.38. The van der Waals surface area contributed by atoms with Crippen molar-refractivity contribution in [2.75, 3.05) is 26.4 Å². The largest absolute Gasteiger partial charge is 0.427 e. The molecule has 2 aliphatic heterocycles. The smallest absolute Gasteiger partial charge is 0.397 e. The van der Waals surface area contributed by atoms with Crippen LogP contribution in [0.1, 0.15) is 44.5 Å². The van der Waals surface area contributed by atoms with Crippen molar-refractivity contribution in [3.05, 3.63) is 202 Å². The molecule has 8 rings (SSSR count). The SMILES string of the molecule is c1ccc(Cc2cc(Cc3ccccc3)cc(OP3OCC4(CO3)COP(Oc3cc(Cc5ccccc5)cc(Cc5ccccc5)c3)OC4)c2)cc1. The highest BCUT2D eigenvalue weighted by Gasteiger charge is 2.45. The van der Waals surface area contributed by atoms with Crippen LogP contribution in [0.2, 0.25) is 0 Å². The Morgan fingerprint density at radius 1 is 0.358 bits per heavy atom. The van der Waals surface area contributed by atoms with Crippen LogP contribution in [-0.4, -0.2) is 26.4 Å². The van der Waals surface area contributed by atoms with Gasteiger partial charge in [0.2, 0.25) is 0 Å². The van der Waals surface area contributed by atoms with Crippen molar-refractivity contribution in [1.29, 1.82) is 0 Å². The van der Waals surface area contributed by atoms with E-state index < -0.39 is 22.6 Å². The number of rotatable bonds is 12. The summed E-state index contributed by atoms with van der Waals surface area (Å²) in [5.74, 6) is 1.50. The van der Waals surface area contributed by atoms with E-state index in [1.165, 1.54) is 44.5 Å². The summed E-state index contributed by atoms with van der Waals surface area (Å²) < 4.78 is 37.6. The van der Waals surface area contributed by atoms with Gasteiger partial charge in [0.05, 0.1) is 31.8 Å². The molecule has 0 N–H and O–H groups in total. The van der Waals surface area contributed by atoms with Crippen molar-refractivity contribution in [2.45, 2.75) is 25.7 Å². The van der Waals surface area contributed by atoms with Crippen molar-refractivity contribution in [2.24, 2.45) is 5.41 Å². The molecule has 0 unspecified atom stereocenters. The fraction of sp³-hybridized carbons (Fsp3) is 0.200. The van der Waals surface area contributed by atoms with Crippen LogP contribution in [0.3, 0.4) is 0 Å². The van der Waals surface area contributed by atoms with Crippen LogP contribution in [0, 0.1) is 5.41 Å². The van der Waals surface area contributed by atoms with Crippen molar-refractivity contribution in [1.82, 2.24) is 0 Å². The highest BCUT2D eigenvalue weighted by Crippen LogP contribution is 2.53. The first kappa shape index (κ1) is 35.6. The third-order valence-corrected chi connectivity index (χ3v) is 11.4. The summed E-state index contributed by atoms with van der Waals surface area (Å²) in [5, 5.41) is 0. The molecule has 2 aliphatic rings. The quantitative estimate of drug-likeness (QED) is 0.116. The second-order valence-corrected chi connectivity index (χ2v) is 16.1. The Bertz CT molecular complexity index is 1770. The Morgan fingerprint density at radius 2 is 0.623 bits per heavy atom. The molecule has 0 saturated carbocycles. The van der Waals surface area contributed by atoms with Crippen LogP contribution in [0.25, 0.3) is 0 Å². The van der Waals surface area contributed by atoms with Crippen molar-refractivity contribution in [3.63, 3.8) is 0 Å². The molecule has 0 atom stereocenters. The van der Waals surface area contributed by atoms with E-state index in [2.05, 4.69) is 133 Å². The van der Waals surface area contributed by atoms with Crippen molar-refractivity contribution < 1.29 is 27.1 Å². The molecule has 6 nitrogen and oxygen atoms in total. The molecule has 6 aromatic carbocycles. The molecular formula is C45H42O6P2. The van der Waals surface area contributed by atoms with E-state index >= 15 is 0 Å². The zero-order chi connectivity index (χ0) is 35.7. The van der Waals surface area contributed by atoms with E-state index in [1.54, 1.807) is 0 Å². The molecule has 268 valence electrons. The Morgan fingerprint density at radius 3 is 0.887 bits per heavy atom. The summed E-state index contributed by atoms with van der Waals surface area (Å²) in [6.07, 6.45) is 3.25. The Labute approximate surface area is 314 Å². The normalized spacial score (nSPS) is 19.8. The standard InChI is InChI=1S/C45H42O6P2/c1-5-13-35(14-6-1)21-39-25-40(22-36-15-7-2-8-16-36)28-43(27-39)50-52-46-31-45(32-47-52)33-48-53(49-34-45)51-44-29-41(23-37-17-9-3-10-18-37)26-42(30-44)24-38-19-11-4-12-20-38/h1-20,25-30H,21-24,31-34H2. The minimum absolute atomic E-state index is 0.413. The number of hydrogen-bond donors (Lipinski definition) is 0. The molecule has 2 heterocycles. The van der Waals surface area contributed by atoms with Gasteiger partial charge in [0.25, 0.3) is 0 Å². The third-order valence-electron chi connectivity index (χ3n) is 9.32. The van der Waals surface area contributed by atoms with Crippen LogP contribution in [0.4, 0.5) is 0 Å². The minimum Gasteiger partial charge on any atom is -0.427 e. The maximum atomic E-state index is 6.37. The van der Waals surface area contributed by atoms with Crippen LogP contribution in [0.15, 0.2) is 158 Å². The molecule has 2 saturated heterocycles. The summed E-state index contributed by atoms with van der Waals surface area (Å²) >= 11 is 0. The van der Waals surface area contributed by atoms with Gasteiger partial charge in [0.1, 0.15) is 11.5 Å². The lowest BCUT2D eigenvalue weighted by molar-refractivity contribution is -0.0672. The molecule has 0 amide bonds. The van der Waals surface area contributed by atoms with Crippen molar-refractivity contribution in [3.8, 4) is 11.5 Å². The van der Waals surface area contributed by atoms with Gasteiger partial charge in [-0.3, -0.25) is 0 Å². The molecule has 0 aliphatic carbocycles. The average molecular weight is 741 g/mol. The Balaban J connectivity index is 0.891. The van der Waals surface area contributed by atoms with Gasteiger partial charge < -0.3 is 27.1 Å². The van der Waals surface area contributed by atoms with E-state index in [9.17, 15) is 0 Å². The lowest BCUT2D eigenvalue weighted by atomic mass is 9.93.